The molecular formula is C17H31N9O. The molecule has 1 aliphatic carbocycles. The quantitative estimate of drug-likeness (QED) is 0.500. The maximum absolute atomic E-state index is 12.8. The first kappa shape index (κ1) is 18.7. The Hall–Kier alpha value is -1.62. The topological polar surface area (TPSA) is 112 Å². The van der Waals surface area contributed by atoms with Gasteiger partial charge in [0.15, 0.2) is 0 Å². The number of hydrazine groups is 1. The Kier molecular flexibility index (Phi) is 5.67. The number of tetrazole rings is 1. The molecule has 4 rings (SSSR count). The molecule has 0 aromatic carbocycles. The van der Waals surface area contributed by atoms with E-state index in [2.05, 4.69) is 55.8 Å². The van der Waals surface area contributed by atoms with Crippen molar-refractivity contribution in [2.24, 2.45) is 5.92 Å². The molecule has 0 radical (unpaired) electrons. The fourth-order valence-corrected chi connectivity index (χ4v) is 4.32. The molecule has 2 unspecified atom stereocenters. The summed E-state index contributed by atoms with van der Waals surface area (Å²) in [6.45, 7) is 7.41. The summed E-state index contributed by atoms with van der Waals surface area (Å²) < 4.78 is 1.59. The highest BCUT2D eigenvalue weighted by atomic mass is 16.2. The molecule has 3 aliphatic rings. The molecule has 3 fully saturated rings. The summed E-state index contributed by atoms with van der Waals surface area (Å²) >= 11 is 0. The number of piperidine rings is 1. The Morgan fingerprint density at radius 1 is 1.19 bits per heavy atom. The van der Waals surface area contributed by atoms with Gasteiger partial charge < -0.3 is 15.5 Å². The van der Waals surface area contributed by atoms with Gasteiger partial charge in [0.05, 0.1) is 5.92 Å². The number of amides is 1. The Labute approximate surface area is 159 Å². The Morgan fingerprint density at radius 2 is 1.96 bits per heavy atom. The van der Waals surface area contributed by atoms with Gasteiger partial charge in [-0.05, 0) is 63.0 Å². The number of nitrogens with one attached hydrogen (secondary N) is 4. The van der Waals surface area contributed by atoms with Crippen molar-refractivity contribution in [3.8, 4) is 0 Å². The molecule has 150 valence electrons. The Morgan fingerprint density at radius 3 is 2.59 bits per heavy atom. The maximum atomic E-state index is 12.8. The first-order valence-corrected chi connectivity index (χ1v) is 10.1. The second-order valence-electron chi connectivity index (χ2n) is 8.24. The highest BCUT2D eigenvalue weighted by Gasteiger charge is 2.39. The van der Waals surface area contributed by atoms with Crippen LogP contribution in [0, 0.1) is 5.92 Å². The Bertz CT molecular complexity index is 614. The molecule has 3 heterocycles. The zero-order valence-electron chi connectivity index (χ0n) is 16.1. The van der Waals surface area contributed by atoms with Crippen molar-refractivity contribution in [3.05, 3.63) is 6.33 Å². The molecule has 1 amide bonds. The van der Waals surface area contributed by atoms with Gasteiger partial charge in [0.1, 0.15) is 12.5 Å². The van der Waals surface area contributed by atoms with Gasteiger partial charge in [-0.2, -0.15) is 0 Å². The molecule has 10 heteroatoms. The molecular weight excluding hydrogens is 346 g/mol. The number of hydrogen-bond donors (Lipinski definition) is 4. The van der Waals surface area contributed by atoms with Crippen LogP contribution in [0.25, 0.3) is 0 Å². The van der Waals surface area contributed by atoms with Crippen molar-refractivity contribution in [2.45, 2.75) is 69.9 Å². The summed E-state index contributed by atoms with van der Waals surface area (Å²) in [5.74, 6) is -0.178. The first-order chi connectivity index (χ1) is 13.1. The average molecular weight is 377 g/mol. The molecule has 2 aliphatic heterocycles. The number of aromatic nitrogens is 4. The van der Waals surface area contributed by atoms with E-state index in [1.807, 2.05) is 0 Å². The van der Waals surface area contributed by atoms with Crippen molar-refractivity contribution < 1.29 is 4.79 Å². The molecule has 4 N–H and O–H groups in total. The van der Waals surface area contributed by atoms with Crippen LogP contribution < -0.4 is 21.5 Å². The van der Waals surface area contributed by atoms with Crippen LogP contribution in [0.3, 0.4) is 0 Å². The lowest BCUT2D eigenvalue weighted by molar-refractivity contribution is -0.127. The van der Waals surface area contributed by atoms with Crippen molar-refractivity contribution in [3.63, 3.8) is 0 Å². The van der Waals surface area contributed by atoms with E-state index in [4.69, 9.17) is 0 Å². The van der Waals surface area contributed by atoms with Crippen LogP contribution in [0.15, 0.2) is 6.33 Å². The highest BCUT2D eigenvalue weighted by Crippen LogP contribution is 2.25. The number of hydrogen-bond acceptors (Lipinski definition) is 8. The molecule has 27 heavy (non-hydrogen) atoms. The number of carbonyl (C=O) groups excluding carboxylic acids is 1. The van der Waals surface area contributed by atoms with Crippen LogP contribution in [0.5, 0.6) is 0 Å². The number of carbonyl (C=O) groups is 1. The molecule has 0 spiro atoms. The Balaban J connectivity index is 1.26. The van der Waals surface area contributed by atoms with Crippen molar-refractivity contribution in [1.29, 1.82) is 0 Å². The zero-order valence-corrected chi connectivity index (χ0v) is 16.1. The van der Waals surface area contributed by atoms with E-state index in [1.54, 1.807) is 4.68 Å². The predicted molar refractivity (Wildman–Crippen MR) is 99.3 cm³/mol. The van der Waals surface area contributed by atoms with Gasteiger partial charge in [-0.1, -0.05) is 0 Å². The minimum Gasteiger partial charge on any atom is -0.351 e. The SMILES string of the molecule is CC(C)N1CCC(N[C@@H]2CC[C@@H]2NC(=O)C2CNNC2n2cnnn2)CC1. The second-order valence-corrected chi connectivity index (χ2v) is 8.24. The van der Waals surface area contributed by atoms with Gasteiger partial charge in [0.2, 0.25) is 5.91 Å². The van der Waals surface area contributed by atoms with E-state index < -0.39 is 0 Å². The highest BCUT2D eigenvalue weighted by molar-refractivity contribution is 5.80. The van der Waals surface area contributed by atoms with Crippen LogP contribution in [-0.4, -0.2) is 74.8 Å². The van der Waals surface area contributed by atoms with Crippen LogP contribution in [0.2, 0.25) is 0 Å². The molecule has 10 nitrogen and oxygen atoms in total. The minimum absolute atomic E-state index is 0.0547. The number of nitrogens with zero attached hydrogens (tertiary/aromatic N) is 5. The predicted octanol–water partition coefficient (Wildman–Crippen LogP) is -0.995. The minimum atomic E-state index is -0.258. The molecule has 1 aromatic heterocycles. The second kappa shape index (κ2) is 8.17. The summed E-state index contributed by atoms with van der Waals surface area (Å²) in [6, 6.07) is 1.80. The van der Waals surface area contributed by atoms with E-state index in [0.29, 0.717) is 24.7 Å². The average Bonchev–Trinajstić information content (AvgIpc) is 3.34. The third-order valence-corrected chi connectivity index (χ3v) is 6.25. The van der Waals surface area contributed by atoms with Gasteiger partial charge in [-0.25, -0.2) is 10.1 Å². The van der Waals surface area contributed by atoms with Gasteiger partial charge in [0.25, 0.3) is 0 Å². The van der Waals surface area contributed by atoms with Gasteiger partial charge in [-0.3, -0.25) is 10.2 Å². The smallest absolute Gasteiger partial charge is 0.228 e. The lowest BCUT2D eigenvalue weighted by Crippen LogP contribution is -2.61. The van der Waals surface area contributed by atoms with E-state index >= 15 is 0 Å². The van der Waals surface area contributed by atoms with E-state index in [-0.39, 0.29) is 24.0 Å². The van der Waals surface area contributed by atoms with Gasteiger partial charge in [-0.15, -0.1) is 5.10 Å². The largest absolute Gasteiger partial charge is 0.351 e. The van der Waals surface area contributed by atoms with Crippen molar-refractivity contribution >= 4 is 5.91 Å². The molecule has 2 saturated heterocycles. The van der Waals surface area contributed by atoms with Crippen LogP contribution in [0.1, 0.15) is 45.7 Å². The van der Waals surface area contributed by atoms with E-state index in [9.17, 15) is 4.79 Å². The molecule has 1 saturated carbocycles. The fourth-order valence-electron chi connectivity index (χ4n) is 4.32. The van der Waals surface area contributed by atoms with E-state index in [1.165, 1.54) is 19.2 Å². The first-order valence-electron chi connectivity index (χ1n) is 10.1. The number of likely N-dealkylation sites (tertiary alicyclic amines) is 1. The summed E-state index contributed by atoms with van der Waals surface area (Å²) in [7, 11) is 0. The third kappa shape index (κ3) is 4.13. The van der Waals surface area contributed by atoms with Crippen LogP contribution in [-0.2, 0) is 4.79 Å². The molecule has 1 aromatic rings. The van der Waals surface area contributed by atoms with Crippen molar-refractivity contribution in [1.82, 2.24) is 46.6 Å². The fraction of sp³-hybridized carbons (Fsp3) is 0.882. The van der Waals surface area contributed by atoms with Crippen LogP contribution in [0.4, 0.5) is 0 Å². The molecule has 4 atom stereocenters. The zero-order chi connectivity index (χ0) is 18.8. The number of rotatable bonds is 6. The third-order valence-electron chi connectivity index (χ3n) is 6.25. The van der Waals surface area contributed by atoms with Crippen LogP contribution >= 0.6 is 0 Å². The standard InChI is InChI=1S/C17H31N9O/c1-11(2)25-7-5-12(6-8-25)20-14-3-4-15(14)21-17(27)13-9-18-22-16(13)26-10-19-23-24-26/h10-16,18,20,22H,3-9H2,1-2H3,(H,21,27)/t13?,14-,15+,16?/m1/s1. The lowest BCUT2D eigenvalue weighted by atomic mass is 9.84. The summed E-state index contributed by atoms with van der Waals surface area (Å²) in [5, 5.41) is 18.3. The lowest BCUT2D eigenvalue weighted by Gasteiger charge is -2.43. The monoisotopic (exact) mass is 377 g/mol. The summed E-state index contributed by atoms with van der Waals surface area (Å²) in [5.41, 5.74) is 6.12. The summed E-state index contributed by atoms with van der Waals surface area (Å²) in [4.78, 5) is 15.3. The normalized spacial score (nSPS) is 32.6. The summed E-state index contributed by atoms with van der Waals surface area (Å²) in [6.07, 6.45) is 5.82. The van der Waals surface area contributed by atoms with Gasteiger partial charge in [0, 0.05) is 30.7 Å². The van der Waals surface area contributed by atoms with Crippen molar-refractivity contribution in [2.75, 3.05) is 19.6 Å². The van der Waals surface area contributed by atoms with Gasteiger partial charge >= 0.3 is 0 Å². The maximum Gasteiger partial charge on any atom is 0.228 e. The van der Waals surface area contributed by atoms with E-state index in [0.717, 1.165) is 25.9 Å². The molecule has 0 bridgehead atoms.